The van der Waals surface area contributed by atoms with Gasteiger partial charge >= 0.3 is 12.2 Å². The SMILES string of the molecule is CNC(=O)N1CC(=O)c2c([nH]c(-c3ccncc3OCC(F)(F)F)c2Nc2ccccc2)C1. The van der Waals surface area contributed by atoms with Gasteiger partial charge in [0, 0.05) is 30.2 Å². The molecule has 0 atom stereocenters. The number of amides is 2. The molecule has 3 N–H and O–H groups in total. The summed E-state index contributed by atoms with van der Waals surface area (Å²) in [5.41, 5.74) is 2.51. The first-order valence-corrected chi connectivity index (χ1v) is 9.97. The Morgan fingerprint density at radius 1 is 1.21 bits per heavy atom. The minimum absolute atomic E-state index is 0.0971. The second-order valence-electron chi connectivity index (χ2n) is 7.33. The zero-order chi connectivity index (χ0) is 23.6. The number of H-pyrrole nitrogens is 1. The molecule has 0 spiro atoms. The quantitative estimate of drug-likeness (QED) is 0.534. The summed E-state index contributed by atoms with van der Waals surface area (Å²) >= 11 is 0. The number of pyridine rings is 1. The Morgan fingerprint density at radius 2 is 1.97 bits per heavy atom. The lowest BCUT2D eigenvalue weighted by Crippen LogP contribution is -2.43. The molecule has 11 heteroatoms. The number of anilines is 2. The molecule has 0 radical (unpaired) electrons. The highest BCUT2D eigenvalue weighted by atomic mass is 19.4. The summed E-state index contributed by atoms with van der Waals surface area (Å²) in [5, 5.41) is 5.69. The standard InChI is InChI=1S/C22H20F3N5O3/c1-26-21(32)30-10-15-18(16(31)11-30)20(28-13-5-3-2-4-6-13)19(29-15)14-7-8-27-9-17(14)33-12-22(23,24)25/h2-9,28-29H,10-12H2,1H3,(H,26,32). The van der Waals surface area contributed by atoms with E-state index in [9.17, 15) is 22.8 Å². The summed E-state index contributed by atoms with van der Waals surface area (Å²) in [6.07, 6.45) is -1.93. The van der Waals surface area contributed by atoms with E-state index in [4.69, 9.17) is 4.74 Å². The van der Waals surface area contributed by atoms with Gasteiger partial charge in [-0.05, 0) is 18.2 Å². The molecule has 2 amide bonds. The predicted octanol–water partition coefficient (Wildman–Crippen LogP) is 4.10. The molecule has 2 aromatic heterocycles. The molecule has 4 rings (SSSR count). The van der Waals surface area contributed by atoms with Gasteiger partial charge in [-0.3, -0.25) is 9.78 Å². The number of Topliss-reactive ketones (excluding diaryl/α,β-unsaturated/α-hetero) is 1. The highest BCUT2D eigenvalue weighted by molar-refractivity contribution is 6.09. The van der Waals surface area contributed by atoms with E-state index >= 15 is 0 Å². The molecule has 1 aromatic carbocycles. The number of urea groups is 1. The van der Waals surface area contributed by atoms with Gasteiger partial charge in [-0.2, -0.15) is 13.2 Å². The van der Waals surface area contributed by atoms with Crippen LogP contribution in [0, 0.1) is 0 Å². The number of hydrogen-bond donors (Lipinski definition) is 3. The van der Waals surface area contributed by atoms with Crippen molar-refractivity contribution in [2.24, 2.45) is 0 Å². The molecule has 3 aromatic rings. The van der Waals surface area contributed by atoms with Gasteiger partial charge in [-0.1, -0.05) is 18.2 Å². The molecule has 0 unspecified atom stereocenters. The molecule has 0 saturated heterocycles. The van der Waals surface area contributed by atoms with E-state index < -0.39 is 18.8 Å². The number of nitrogens with zero attached hydrogens (tertiary/aromatic N) is 2. The number of carbonyl (C=O) groups is 2. The zero-order valence-electron chi connectivity index (χ0n) is 17.5. The van der Waals surface area contributed by atoms with E-state index in [1.54, 1.807) is 24.3 Å². The maximum absolute atomic E-state index is 13.0. The molecule has 0 bridgehead atoms. The van der Waals surface area contributed by atoms with E-state index in [1.165, 1.54) is 30.4 Å². The van der Waals surface area contributed by atoms with Crippen LogP contribution in [0.4, 0.5) is 29.3 Å². The number of nitrogens with one attached hydrogen (secondary N) is 3. The molecule has 1 aliphatic rings. The smallest absolute Gasteiger partial charge is 0.422 e. The van der Waals surface area contributed by atoms with Crippen LogP contribution in [0.15, 0.2) is 48.8 Å². The van der Waals surface area contributed by atoms with Crippen molar-refractivity contribution in [1.29, 1.82) is 0 Å². The summed E-state index contributed by atoms with van der Waals surface area (Å²) in [4.78, 5) is 33.5. The van der Waals surface area contributed by atoms with Crippen LogP contribution in [0.3, 0.4) is 0 Å². The molecular formula is C22H20F3N5O3. The molecule has 33 heavy (non-hydrogen) atoms. The first kappa shape index (κ1) is 22.2. The van der Waals surface area contributed by atoms with Crippen LogP contribution in [0.2, 0.25) is 0 Å². The number of aromatic nitrogens is 2. The third kappa shape index (κ3) is 4.76. The van der Waals surface area contributed by atoms with Gasteiger partial charge in [0.2, 0.25) is 0 Å². The van der Waals surface area contributed by atoms with Crippen LogP contribution in [0.5, 0.6) is 5.75 Å². The van der Waals surface area contributed by atoms with Crippen molar-refractivity contribution in [2.75, 3.05) is 25.5 Å². The fourth-order valence-corrected chi connectivity index (χ4v) is 3.63. The van der Waals surface area contributed by atoms with Crippen LogP contribution in [0.25, 0.3) is 11.3 Å². The van der Waals surface area contributed by atoms with Crippen LogP contribution in [0.1, 0.15) is 16.1 Å². The minimum Gasteiger partial charge on any atom is -0.482 e. The van der Waals surface area contributed by atoms with Crippen LogP contribution < -0.4 is 15.4 Å². The lowest BCUT2D eigenvalue weighted by atomic mass is 10.0. The normalized spacial score (nSPS) is 13.5. The Bertz CT molecular complexity index is 1180. The number of carbonyl (C=O) groups excluding carboxylic acids is 2. The Balaban J connectivity index is 1.82. The molecule has 8 nitrogen and oxygen atoms in total. The largest absolute Gasteiger partial charge is 0.482 e. The van der Waals surface area contributed by atoms with Gasteiger partial charge in [0.15, 0.2) is 12.4 Å². The van der Waals surface area contributed by atoms with Crippen LogP contribution in [-0.4, -0.2) is 53.1 Å². The fraction of sp³-hybridized carbons (Fsp3) is 0.227. The highest BCUT2D eigenvalue weighted by Crippen LogP contribution is 2.41. The van der Waals surface area contributed by atoms with Crippen molar-refractivity contribution in [3.8, 4) is 17.0 Å². The third-order valence-corrected chi connectivity index (χ3v) is 5.03. The lowest BCUT2D eigenvalue weighted by molar-refractivity contribution is -0.153. The number of rotatable bonds is 5. The van der Waals surface area contributed by atoms with Gasteiger partial charge < -0.3 is 25.3 Å². The summed E-state index contributed by atoms with van der Waals surface area (Å²) in [5.74, 6) is -0.410. The highest BCUT2D eigenvalue weighted by Gasteiger charge is 2.34. The van der Waals surface area contributed by atoms with Crippen LogP contribution >= 0.6 is 0 Å². The van der Waals surface area contributed by atoms with Gasteiger partial charge in [-0.25, -0.2) is 4.79 Å². The Kier molecular flexibility index (Phi) is 5.95. The molecule has 0 saturated carbocycles. The lowest BCUT2D eigenvalue weighted by Gasteiger charge is -2.26. The summed E-state index contributed by atoms with van der Waals surface area (Å²) < 4.78 is 43.3. The number of ketones is 1. The van der Waals surface area contributed by atoms with E-state index in [1.807, 2.05) is 6.07 Å². The predicted molar refractivity (Wildman–Crippen MR) is 114 cm³/mol. The number of aromatic amines is 1. The number of fused-ring (bicyclic) bond motifs is 1. The van der Waals surface area contributed by atoms with Crippen molar-refractivity contribution < 1.29 is 27.5 Å². The fourth-order valence-electron chi connectivity index (χ4n) is 3.63. The van der Waals surface area contributed by atoms with Gasteiger partial charge in [0.05, 0.1) is 36.2 Å². The molecule has 0 aliphatic carbocycles. The molecule has 1 aliphatic heterocycles. The second-order valence-corrected chi connectivity index (χ2v) is 7.33. The Labute approximate surface area is 186 Å². The summed E-state index contributed by atoms with van der Waals surface area (Å²) in [7, 11) is 1.46. The zero-order valence-corrected chi connectivity index (χ0v) is 17.5. The third-order valence-electron chi connectivity index (χ3n) is 5.03. The summed E-state index contributed by atoms with van der Waals surface area (Å²) in [6.45, 7) is -1.51. The Hall–Kier alpha value is -4.02. The number of halogens is 3. The second kappa shape index (κ2) is 8.85. The molecule has 3 heterocycles. The maximum Gasteiger partial charge on any atom is 0.422 e. The Morgan fingerprint density at radius 3 is 2.67 bits per heavy atom. The topological polar surface area (TPSA) is 99.4 Å². The molecule has 172 valence electrons. The maximum atomic E-state index is 13.0. The number of benzene rings is 1. The first-order chi connectivity index (χ1) is 15.8. The van der Waals surface area contributed by atoms with Gasteiger partial charge in [0.1, 0.15) is 5.75 Å². The van der Waals surface area contributed by atoms with Gasteiger partial charge in [-0.15, -0.1) is 0 Å². The molecule has 0 fully saturated rings. The monoisotopic (exact) mass is 459 g/mol. The average molecular weight is 459 g/mol. The number of hydrogen-bond acceptors (Lipinski definition) is 5. The summed E-state index contributed by atoms with van der Waals surface area (Å²) in [6, 6.07) is 10.1. The van der Waals surface area contributed by atoms with E-state index in [0.717, 1.165) is 0 Å². The number of para-hydroxylation sites is 1. The van der Waals surface area contributed by atoms with Crippen molar-refractivity contribution in [3.05, 3.63) is 60.0 Å². The van der Waals surface area contributed by atoms with E-state index in [-0.39, 0.29) is 24.6 Å². The van der Waals surface area contributed by atoms with Crippen molar-refractivity contribution in [3.63, 3.8) is 0 Å². The average Bonchev–Trinajstić information content (AvgIpc) is 3.16. The van der Waals surface area contributed by atoms with Crippen molar-refractivity contribution >= 4 is 23.2 Å². The van der Waals surface area contributed by atoms with Crippen LogP contribution in [-0.2, 0) is 6.54 Å². The van der Waals surface area contributed by atoms with Gasteiger partial charge in [0.25, 0.3) is 0 Å². The van der Waals surface area contributed by atoms with E-state index in [2.05, 4.69) is 20.6 Å². The number of ether oxygens (including phenoxy) is 1. The van der Waals surface area contributed by atoms with Crippen molar-refractivity contribution in [2.45, 2.75) is 12.7 Å². The number of alkyl halides is 3. The van der Waals surface area contributed by atoms with Crippen molar-refractivity contribution in [1.82, 2.24) is 20.2 Å². The van der Waals surface area contributed by atoms with E-state index in [0.29, 0.717) is 33.9 Å². The first-order valence-electron chi connectivity index (χ1n) is 9.97. The molecular weight excluding hydrogens is 439 g/mol. The minimum atomic E-state index is -4.53.